The summed E-state index contributed by atoms with van der Waals surface area (Å²) in [4.78, 5) is 46.7. The van der Waals surface area contributed by atoms with Gasteiger partial charge >= 0.3 is 6.09 Å². The maximum Gasteiger partial charge on any atom is 0.409 e. The van der Waals surface area contributed by atoms with E-state index in [2.05, 4.69) is 11.9 Å². The van der Waals surface area contributed by atoms with E-state index >= 15 is 0 Å². The van der Waals surface area contributed by atoms with Crippen molar-refractivity contribution in [2.24, 2.45) is 0 Å². The fourth-order valence-electron chi connectivity index (χ4n) is 3.51. The van der Waals surface area contributed by atoms with Crippen LogP contribution in [0.25, 0.3) is 10.2 Å². The van der Waals surface area contributed by atoms with Crippen LogP contribution in [0.3, 0.4) is 0 Å². The van der Waals surface area contributed by atoms with Gasteiger partial charge < -0.3 is 14.5 Å². The van der Waals surface area contributed by atoms with Gasteiger partial charge in [-0.2, -0.15) is 0 Å². The summed E-state index contributed by atoms with van der Waals surface area (Å²) in [7, 11) is 0. The minimum Gasteiger partial charge on any atom is -0.450 e. The Bertz CT molecular complexity index is 944. The zero-order valence-corrected chi connectivity index (χ0v) is 18.1. The van der Waals surface area contributed by atoms with Crippen LogP contribution in [0.5, 0.6) is 0 Å². The molecule has 3 heterocycles. The number of aromatic nitrogens is 2. The standard InChI is InChI=1S/C20H28N4O4S/c1-4-6-7-8-24-13-21-17-15(18(24)25)14(3)16(29-17)19(26)22-9-11-23(12-10-22)20(27)28-5-2/h13H,4-12H2,1-3H3. The van der Waals surface area contributed by atoms with Crippen molar-refractivity contribution in [1.29, 1.82) is 0 Å². The quantitative estimate of drug-likeness (QED) is 0.671. The summed E-state index contributed by atoms with van der Waals surface area (Å²) in [5.74, 6) is -0.106. The molecule has 0 N–H and O–H groups in total. The molecular weight excluding hydrogens is 392 g/mol. The third-order valence-corrected chi connectivity index (χ3v) is 6.39. The zero-order chi connectivity index (χ0) is 21.0. The molecule has 0 bridgehead atoms. The number of hydrogen-bond acceptors (Lipinski definition) is 6. The molecule has 2 aromatic rings. The van der Waals surface area contributed by atoms with Gasteiger partial charge in [-0.3, -0.25) is 14.2 Å². The molecular formula is C20H28N4O4S. The summed E-state index contributed by atoms with van der Waals surface area (Å²) in [6.45, 7) is 8.46. The second-order valence-electron chi connectivity index (χ2n) is 7.16. The number of carbonyl (C=O) groups is 2. The van der Waals surface area contributed by atoms with Crippen molar-refractivity contribution >= 4 is 33.6 Å². The molecule has 0 spiro atoms. The van der Waals surface area contributed by atoms with Crippen molar-refractivity contribution in [1.82, 2.24) is 19.4 Å². The Morgan fingerprint density at radius 3 is 2.48 bits per heavy atom. The van der Waals surface area contributed by atoms with Crippen LogP contribution in [0.4, 0.5) is 4.79 Å². The summed E-state index contributed by atoms with van der Waals surface area (Å²) < 4.78 is 6.66. The Hall–Kier alpha value is -2.42. The molecule has 158 valence electrons. The van der Waals surface area contributed by atoms with Gasteiger partial charge in [-0.1, -0.05) is 19.8 Å². The van der Waals surface area contributed by atoms with Gasteiger partial charge in [-0.15, -0.1) is 11.3 Å². The smallest absolute Gasteiger partial charge is 0.409 e. The molecule has 29 heavy (non-hydrogen) atoms. The first-order chi connectivity index (χ1) is 14.0. The number of ether oxygens (including phenoxy) is 1. The number of thiophene rings is 1. The van der Waals surface area contributed by atoms with Crippen LogP contribution >= 0.6 is 11.3 Å². The Morgan fingerprint density at radius 1 is 1.14 bits per heavy atom. The first-order valence-electron chi connectivity index (χ1n) is 10.2. The van der Waals surface area contributed by atoms with Gasteiger partial charge in [0, 0.05) is 32.7 Å². The normalized spacial score (nSPS) is 14.4. The van der Waals surface area contributed by atoms with Gasteiger partial charge in [-0.25, -0.2) is 9.78 Å². The maximum absolute atomic E-state index is 13.1. The fraction of sp³-hybridized carbons (Fsp3) is 0.600. The van der Waals surface area contributed by atoms with E-state index in [4.69, 9.17) is 4.74 Å². The third kappa shape index (κ3) is 4.44. The van der Waals surface area contributed by atoms with Crippen molar-refractivity contribution in [2.45, 2.75) is 46.6 Å². The monoisotopic (exact) mass is 420 g/mol. The Labute approximate surface area is 174 Å². The van der Waals surface area contributed by atoms with Crippen LogP contribution in [-0.2, 0) is 11.3 Å². The molecule has 9 heteroatoms. The highest BCUT2D eigenvalue weighted by molar-refractivity contribution is 7.20. The van der Waals surface area contributed by atoms with Crippen LogP contribution in [-0.4, -0.2) is 64.1 Å². The van der Waals surface area contributed by atoms with Crippen molar-refractivity contribution in [3.63, 3.8) is 0 Å². The van der Waals surface area contributed by atoms with E-state index in [1.165, 1.54) is 11.3 Å². The van der Waals surface area contributed by atoms with Crippen molar-refractivity contribution in [3.8, 4) is 0 Å². The molecule has 0 aromatic carbocycles. The predicted octanol–water partition coefficient (Wildman–Crippen LogP) is 2.87. The van der Waals surface area contributed by atoms with E-state index in [1.54, 1.807) is 27.6 Å². The molecule has 3 rings (SSSR count). The van der Waals surface area contributed by atoms with E-state index in [1.807, 2.05) is 6.92 Å². The molecule has 0 saturated carbocycles. The van der Waals surface area contributed by atoms with Crippen LogP contribution in [0, 0.1) is 6.92 Å². The van der Waals surface area contributed by atoms with Gasteiger partial charge in [0.15, 0.2) is 0 Å². The second-order valence-corrected chi connectivity index (χ2v) is 8.16. The van der Waals surface area contributed by atoms with Gasteiger partial charge in [-0.05, 0) is 25.8 Å². The molecule has 2 amide bonds. The molecule has 0 unspecified atom stereocenters. The number of carbonyl (C=O) groups excluding carboxylic acids is 2. The maximum atomic E-state index is 13.1. The van der Waals surface area contributed by atoms with Crippen molar-refractivity contribution < 1.29 is 14.3 Å². The molecule has 1 saturated heterocycles. The number of aryl methyl sites for hydroxylation is 2. The molecule has 1 aliphatic rings. The minimum atomic E-state index is -0.342. The molecule has 0 atom stereocenters. The summed E-state index contributed by atoms with van der Waals surface area (Å²) in [5, 5.41) is 0.544. The van der Waals surface area contributed by atoms with Crippen molar-refractivity contribution in [3.05, 3.63) is 27.1 Å². The van der Waals surface area contributed by atoms with Crippen LogP contribution in [0.15, 0.2) is 11.1 Å². The van der Waals surface area contributed by atoms with E-state index in [9.17, 15) is 14.4 Å². The first kappa shape index (κ1) is 21.3. The van der Waals surface area contributed by atoms with Gasteiger partial charge in [0.25, 0.3) is 11.5 Å². The number of rotatable bonds is 6. The SMILES string of the molecule is CCCCCn1cnc2sc(C(=O)N3CCN(C(=O)OCC)CC3)c(C)c2c1=O. The van der Waals surface area contributed by atoms with Gasteiger partial charge in [0.2, 0.25) is 0 Å². The Kier molecular flexibility index (Phi) is 6.89. The average Bonchev–Trinajstić information content (AvgIpc) is 3.07. The number of nitrogens with zero attached hydrogens (tertiary/aromatic N) is 4. The summed E-state index contributed by atoms with van der Waals surface area (Å²) in [6.07, 6.45) is 4.33. The Balaban J connectivity index is 1.77. The molecule has 8 nitrogen and oxygen atoms in total. The van der Waals surface area contributed by atoms with E-state index in [0.29, 0.717) is 60.0 Å². The number of amides is 2. The average molecular weight is 421 g/mol. The lowest BCUT2D eigenvalue weighted by atomic mass is 10.2. The van der Waals surface area contributed by atoms with Gasteiger partial charge in [0.05, 0.1) is 23.2 Å². The number of unbranched alkanes of at least 4 members (excludes halogenated alkanes) is 2. The second kappa shape index (κ2) is 9.39. The predicted molar refractivity (Wildman–Crippen MR) is 113 cm³/mol. The highest BCUT2D eigenvalue weighted by atomic mass is 32.1. The van der Waals surface area contributed by atoms with E-state index in [-0.39, 0.29) is 17.6 Å². The third-order valence-electron chi connectivity index (χ3n) is 5.21. The highest BCUT2D eigenvalue weighted by Crippen LogP contribution is 2.28. The largest absolute Gasteiger partial charge is 0.450 e. The lowest BCUT2D eigenvalue weighted by Crippen LogP contribution is -2.50. The first-order valence-corrected chi connectivity index (χ1v) is 11.0. The van der Waals surface area contributed by atoms with Crippen LogP contribution < -0.4 is 5.56 Å². The zero-order valence-electron chi connectivity index (χ0n) is 17.3. The van der Waals surface area contributed by atoms with E-state index < -0.39 is 0 Å². The lowest BCUT2D eigenvalue weighted by Gasteiger charge is -2.33. The number of hydrogen-bond donors (Lipinski definition) is 0. The lowest BCUT2D eigenvalue weighted by molar-refractivity contribution is 0.0574. The Morgan fingerprint density at radius 2 is 1.83 bits per heavy atom. The summed E-state index contributed by atoms with van der Waals surface area (Å²) in [6, 6.07) is 0. The van der Waals surface area contributed by atoms with E-state index in [0.717, 1.165) is 19.3 Å². The molecule has 1 fully saturated rings. The van der Waals surface area contributed by atoms with Crippen molar-refractivity contribution in [2.75, 3.05) is 32.8 Å². The number of piperazine rings is 1. The fourth-order valence-corrected chi connectivity index (χ4v) is 4.61. The number of fused-ring (bicyclic) bond motifs is 1. The highest BCUT2D eigenvalue weighted by Gasteiger charge is 2.28. The molecule has 0 aliphatic carbocycles. The van der Waals surface area contributed by atoms with Gasteiger partial charge in [0.1, 0.15) is 4.83 Å². The van der Waals surface area contributed by atoms with Crippen LogP contribution in [0.2, 0.25) is 0 Å². The summed E-state index contributed by atoms with van der Waals surface area (Å²) >= 11 is 1.27. The summed E-state index contributed by atoms with van der Waals surface area (Å²) in [5.41, 5.74) is 0.621. The molecule has 0 radical (unpaired) electrons. The van der Waals surface area contributed by atoms with Crippen LogP contribution in [0.1, 0.15) is 48.3 Å². The minimum absolute atomic E-state index is 0.0777. The molecule has 1 aliphatic heterocycles. The topological polar surface area (TPSA) is 84.7 Å². The molecule has 2 aromatic heterocycles.